The quantitative estimate of drug-likeness (QED) is 0.757. The zero-order chi connectivity index (χ0) is 20.7. The van der Waals surface area contributed by atoms with Gasteiger partial charge in [-0.1, -0.05) is 0 Å². The van der Waals surface area contributed by atoms with Gasteiger partial charge in [0.25, 0.3) is 10.0 Å². The summed E-state index contributed by atoms with van der Waals surface area (Å²) in [4.78, 5) is 13.2. The molecular weight excluding hydrogens is 406 g/mol. The van der Waals surface area contributed by atoms with Gasteiger partial charge in [0.05, 0.1) is 22.0 Å². The third kappa shape index (κ3) is 4.11. The third-order valence-electron chi connectivity index (χ3n) is 4.11. The molecule has 1 atom stereocenters. The number of hydrogen-bond acceptors (Lipinski definition) is 6. The summed E-state index contributed by atoms with van der Waals surface area (Å²) in [7, 11) is -7.86. The average molecular weight is 425 g/mol. The Hall–Kier alpha value is -2.63. The molecular formula is C17H19N3O6S2. The molecule has 2 aromatic rings. The van der Waals surface area contributed by atoms with Gasteiger partial charge in [-0.05, 0) is 49.4 Å². The first-order valence-electron chi connectivity index (χ1n) is 8.22. The number of hydrogen-bond donors (Lipinski definition) is 2. The highest BCUT2D eigenvalue weighted by atomic mass is 32.2. The summed E-state index contributed by atoms with van der Waals surface area (Å²) in [6, 6.07) is 9.23. The number of amides is 1. The topological polar surface area (TPSA) is 136 Å². The third-order valence-corrected chi connectivity index (χ3v) is 6.42. The molecule has 0 radical (unpaired) electrons. The Morgan fingerprint density at radius 3 is 2.29 bits per heavy atom. The number of carbonyl (C=O) groups is 1. The number of nitrogens with one attached hydrogen (secondary N) is 1. The van der Waals surface area contributed by atoms with E-state index in [0.717, 1.165) is 0 Å². The van der Waals surface area contributed by atoms with Crippen LogP contribution in [0.1, 0.15) is 13.8 Å². The van der Waals surface area contributed by atoms with Crippen molar-refractivity contribution < 1.29 is 26.4 Å². The van der Waals surface area contributed by atoms with E-state index in [1.807, 2.05) is 6.92 Å². The van der Waals surface area contributed by atoms with Crippen molar-refractivity contribution in [3.8, 4) is 5.75 Å². The Bertz CT molecular complexity index is 1130. The summed E-state index contributed by atoms with van der Waals surface area (Å²) >= 11 is 0. The smallest absolute Gasteiger partial charge is 0.261 e. The summed E-state index contributed by atoms with van der Waals surface area (Å²) in [5.41, 5.74) is 0.538. The second-order valence-electron chi connectivity index (χ2n) is 6.36. The standard InChI is InChI=1S/C17H19N3O6S2/c1-11-10-20(12(2)21)16-9-15(7-8-17(16)26-11)28(24,25)19-13-3-5-14(6-4-13)27(18,22)23/h3-9,11,19H,10H2,1-2H3,(H2,18,22,23). The highest BCUT2D eigenvalue weighted by Crippen LogP contribution is 2.35. The number of fused-ring (bicyclic) bond motifs is 1. The van der Waals surface area contributed by atoms with Crippen molar-refractivity contribution in [1.29, 1.82) is 0 Å². The predicted molar refractivity (Wildman–Crippen MR) is 103 cm³/mol. The fourth-order valence-corrected chi connectivity index (χ4v) is 4.40. The summed E-state index contributed by atoms with van der Waals surface area (Å²) in [6.45, 7) is 3.53. The van der Waals surface area contributed by atoms with E-state index >= 15 is 0 Å². The maximum Gasteiger partial charge on any atom is 0.261 e. The SMILES string of the molecule is CC(=O)N1CC(C)Oc2ccc(S(=O)(=O)Nc3ccc(S(N)(=O)=O)cc3)cc21. The van der Waals surface area contributed by atoms with Crippen LogP contribution in [0.15, 0.2) is 52.3 Å². The minimum Gasteiger partial charge on any atom is -0.487 e. The minimum atomic E-state index is -3.98. The van der Waals surface area contributed by atoms with Gasteiger partial charge < -0.3 is 9.64 Å². The Labute approximate surface area is 163 Å². The molecule has 0 bridgehead atoms. The van der Waals surface area contributed by atoms with Gasteiger partial charge in [-0.2, -0.15) is 0 Å². The molecule has 1 aliphatic heterocycles. The lowest BCUT2D eigenvalue weighted by Crippen LogP contribution is -2.41. The van der Waals surface area contributed by atoms with E-state index in [9.17, 15) is 21.6 Å². The Morgan fingerprint density at radius 1 is 1.11 bits per heavy atom. The van der Waals surface area contributed by atoms with Gasteiger partial charge in [0.1, 0.15) is 11.9 Å². The van der Waals surface area contributed by atoms with E-state index in [-0.39, 0.29) is 27.5 Å². The molecule has 11 heteroatoms. The predicted octanol–water partition coefficient (Wildman–Crippen LogP) is 1.27. The zero-order valence-corrected chi connectivity index (χ0v) is 16.7. The van der Waals surface area contributed by atoms with Crippen LogP contribution < -0.4 is 19.5 Å². The number of nitrogens with zero attached hydrogens (tertiary/aromatic N) is 1. The summed E-state index contributed by atoms with van der Waals surface area (Å²) in [5, 5.41) is 5.03. The van der Waals surface area contributed by atoms with Crippen molar-refractivity contribution in [2.45, 2.75) is 29.7 Å². The first-order valence-corrected chi connectivity index (χ1v) is 11.2. The number of carbonyl (C=O) groups excluding carboxylic acids is 1. The van der Waals surface area contributed by atoms with E-state index in [0.29, 0.717) is 18.0 Å². The molecule has 0 aromatic heterocycles. The number of benzene rings is 2. The first kappa shape index (κ1) is 20.1. The molecule has 1 unspecified atom stereocenters. The number of ether oxygens (including phenoxy) is 1. The van der Waals surface area contributed by atoms with Crippen LogP contribution in [0.3, 0.4) is 0 Å². The second kappa shape index (κ2) is 7.08. The maximum absolute atomic E-state index is 12.7. The van der Waals surface area contributed by atoms with Crippen molar-refractivity contribution in [1.82, 2.24) is 0 Å². The number of sulfonamides is 2. The molecule has 0 fully saturated rings. The van der Waals surface area contributed by atoms with Crippen molar-refractivity contribution in [2.75, 3.05) is 16.2 Å². The molecule has 0 saturated carbocycles. The lowest BCUT2D eigenvalue weighted by atomic mass is 10.2. The zero-order valence-electron chi connectivity index (χ0n) is 15.1. The molecule has 1 aliphatic rings. The van der Waals surface area contributed by atoms with E-state index in [1.165, 1.54) is 54.3 Å². The normalized spacial score (nSPS) is 16.8. The number of anilines is 2. The fraction of sp³-hybridized carbons (Fsp3) is 0.235. The molecule has 1 heterocycles. The average Bonchev–Trinajstić information content (AvgIpc) is 2.59. The number of rotatable bonds is 4. The van der Waals surface area contributed by atoms with E-state index in [1.54, 1.807) is 0 Å². The van der Waals surface area contributed by atoms with Crippen molar-refractivity contribution in [3.05, 3.63) is 42.5 Å². The van der Waals surface area contributed by atoms with Crippen molar-refractivity contribution in [3.63, 3.8) is 0 Å². The number of primary sulfonamides is 1. The fourth-order valence-electron chi connectivity index (χ4n) is 2.81. The van der Waals surface area contributed by atoms with Crippen LogP contribution in [0.4, 0.5) is 11.4 Å². The summed E-state index contributed by atoms with van der Waals surface area (Å²) < 4.78 is 56.0. The molecule has 150 valence electrons. The molecule has 2 aromatic carbocycles. The Morgan fingerprint density at radius 2 is 1.71 bits per heavy atom. The van der Waals surface area contributed by atoms with Gasteiger partial charge >= 0.3 is 0 Å². The molecule has 28 heavy (non-hydrogen) atoms. The first-order chi connectivity index (χ1) is 13.0. The lowest BCUT2D eigenvalue weighted by molar-refractivity contribution is -0.117. The summed E-state index contributed by atoms with van der Waals surface area (Å²) in [6.07, 6.45) is -0.214. The van der Waals surface area contributed by atoms with Gasteiger partial charge in [-0.15, -0.1) is 0 Å². The molecule has 3 N–H and O–H groups in total. The van der Waals surface area contributed by atoms with Gasteiger partial charge in [0, 0.05) is 12.6 Å². The van der Waals surface area contributed by atoms with E-state index in [4.69, 9.17) is 9.88 Å². The highest BCUT2D eigenvalue weighted by molar-refractivity contribution is 7.92. The van der Waals surface area contributed by atoms with Gasteiger partial charge in [-0.3, -0.25) is 9.52 Å². The molecule has 0 saturated heterocycles. The molecule has 0 spiro atoms. The van der Waals surface area contributed by atoms with Crippen molar-refractivity contribution >= 4 is 37.3 Å². The lowest BCUT2D eigenvalue weighted by Gasteiger charge is -2.33. The van der Waals surface area contributed by atoms with Crippen molar-refractivity contribution in [2.24, 2.45) is 5.14 Å². The van der Waals surface area contributed by atoms with Crippen LogP contribution in [-0.4, -0.2) is 35.4 Å². The molecule has 0 aliphatic carbocycles. The molecule has 3 rings (SSSR count). The summed E-state index contributed by atoms with van der Waals surface area (Å²) in [5.74, 6) is 0.197. The highest BCUT2D eigenvalue weighted by Gasteiger charge is 2.28. The monoisotopic (exact) mass is 425 g/mol. The maximum atomic E-state index is 12.7. The van der Waals surface area contributed by atoms with Gasteiger partial charge in [0.2, 0.25) is 15.9 Å². The molecule has 1 amide bonds. The van der Waals surface area contributed by atoms with Gasteiger partial charge in [-0.25, -0.2) is 22.0 Å². The van der Waals surface area contributed by atoms with Crippen LogP contribution >= 0.6 is 0 Å². The molecule has 9 nitrogen and oxygen atoms in total. The van der Waals surface area contributed by atoms with Crippen LogP contribution in [0.2, 0.25) is 0 Å². The largest absolute Gasteiger partial charge is 0.487 e. The second-order valence-corrected chi connectivity index (χ2v) is 9.61. The van der Waals surface area contributed by atoms with Gasteiger partial charge in [0.15, 0.2) is 0 Å². The van der Waals surface area contributed by atoms with Crippen LogP contribution in [-0.2, 0) is 24.8 Å². The Balaban J connectivity index is 1.92. The van der Waals surface area contributed by atoms with E-state index < -0.39 is 20.0 Å². The van der Waals surface area contributed by atoms with E-state index in [2.05, 4.69) is 4.72 Å². The number of nitrogens with two attached hydrogens (primary N) is 1. The minimum absolute atomic E-state index is 0.0637. The Kier molecular flexibility index (Phi) is 5.08. The van der Waals surface area contributed by atoms with Crippen LogP contribution in [0.5, 0.6) is 5.75 Å². The van der Waals surface area contributed by atoms with Crippen LogP contribution in [0, 0.1) is 0 Å². The van der Waals surface area contributed by atoms with Crippen LogP contribution in [0.25, 0.3) is 0 Å².